The summed E-state index contributed by atoms with van der Waals surface area (Å²) < 4.78 is 4.88. The van der Waals surface area contributed by atoms with Crippen LogP contribution in [0.25, 0.3) is 6.08 Å². The fourth-order valence-electron chi connectivity index (χ4n) is 1.40. The quantitative estimate of drug-likeness (QED) is 0.612. The lowest BCUT2D eigenvalue weighted by Crippen LogP contribution is -2.22. The number of methoxy groups -OCH3 is 1. The highest BCUT2D eigenvalue weighted by atomic mass is 16.5. The van der Waals surface area contributed by atoms with Gasteiger partial charge in [0.05, 0.1) is 11.6 Å². The van der Waals surface area contributed by atoms with Gasteiger partial charge in [0.1, 0.15) is 0 Å². The van der Waals surface area contributed by atoms with Gasteiger partial charge in [0.2, 0.25) is 5.91 Å². The van der Waals surface area contributed by atoms with Crippen LogP contribution in [0.15, 0.2) is 30.3 Å². The topological polar surface area (TPSA) is 62.1 Å². The van der Waals surface area contributed by atoms with Crippen molar-refractivity contribution in [1.82, 2.24) is 5.32 Å². The van der Waals surface area contributed by atoms with E-state index in [1.807, 2.05) is 6.07 Å². The Kier molecular flexibility index (Phi) is 6.23. The van der Waals surface area contributed by atoms with Crippen molar-refractivity contribution < 1.29 is 9.53 Å². The number of rotatable bonds is 6. The highest BCUT2D eigenvalue weighted by Gasteiger charge is 1.98. The molecule has 0 aromatic heterocycles. The van der Waals surface area contributed by atoms with Gasteiger partial charge in [-0.25, -0.2) is 0 Å². The predicted octanol–water partition coefficient (Wildman–Crippen LogP) is 1.72. The zero-order chi connectivity index (χ0) is 13.2. The number of nitrogens with one attached hydrogen (secondary N) is 1. The number of hydrogen-bond donors (Lipinski definition) is 1. The van der Waals surface area contributed by atoms with Crippen molar-refractivity contribution >= 4 is 12.0 Å². The molecule has 1 N–H and O–H groups in total. The molecular weight excluding hydrogens is 228 g/mol. The summed E-state index contributed by atoms with van der Waals surface area (Å²) in [6, 6.07) is 9.22. The molecule has 0 atom stereocenters. The third-order valence-corrected chi connectivity index (χ3v) is 2.32. The van der Waals surface area contributed by atoms with Crippen molar-refractivity contribution in [3.05, 3.63) is 41.5 Å². The van der Waals surface area contributed by atoms with Crippen LogP contribution in [0.1, 0.15) is 17.5 Å². The van der Waals surface area contributed by atoms with Gasteiger partial charge in [-0.1, -0.05) is 18.2 Å². The van der Waals surface area contributed by atoms with Gasteiger partial charge in [-0.3, -0.25) is 4.79 Å². The molecule has 1 aromatic carbocycles. The maximum atomic E-state index is 11.5. The predicted molar refractivity (Wildman–Crippen MR) is 69.7 cm³/mol. The lowest BCUT2D eigenvalue weighted by molar-refractivity contribution is -0.116. The molecule has 0 unspecified atom stereocenters. The van der Waals surface area contributed by atoms with Crippen LogP contribution in [0.5, 0.6) is 0 Å². The first-order valence-electron chi connectivity index (χ1n) is 5.72. The minimum atomic E-state index is -0.168. The number of ether oxygens (including phenoxy) is 1. The molecule has 0 fully saturated rings. The maximum absolute atomic E-state index is 11.5. The van der Waals surface area contributed by atoms with Crippen LogP contribution in [-0.4, -0.2) is 26.2 Å². The monoisotopic (exact) mass is 244 g/mol. The van der Waals surface area contributed by atoms with Crippen molar-refractivity contribution in [2.45, 2.75) is 6.42 Å². The van der Waals surface area contributed by atoms with Crippen LogP contribution in [0.2, 0.25) is 0 Å². The molecule has 18 heavy (non-hydrogen) atoms. The Labute approximate surface area is 107 Å². The van der Waals surface area contributed by atoms with Gasteiger partial charge < -0.3 is 10.1 Å². The Bertz CT molecular complexity index is 461. The number of benzene rings is 1. The molecule has 0 bridgehead atoms. The minimum Gasteiger partial charge on any atom is -0.385 e. The number of hydrogen-bond acceptors (Lipinski definition) is 3. The SMILES string of the molecule is COCCCNC(=O)/C=C/c1ccccc1C#N. The summed E-state index contributed by atoms with van der Waals surface area (Å²) in [7, 11) is 1.63. The Morgan fingerprint density at radius 1 is 1.50 bits per heavy atom. The average molecular weight is 244 g/mol. The Hall–Kier alpha value is -2.12. The van der Waals surface area contributed by atoms with Gasteiger partial charge in [0, 0.05) is 26.3 Å². The number of amides is 1. The number of nitrogens with zero attached hydrogens (tertiary/aromatic N) is 1. The molecule has 0 saturated carbocycles. The van der Waals surface area contributed by atoms with Crippen LogP contribution >= 0.6 is 0 Å². The maximum Gasteiger partial charge on any atom is 0.244 e. The number of carbonyl (C=O) groups excluding carboxylic acids is 1. The van der Waals surface area contributed by atoms with E-state index in [0.717, 1.165) is 12.0 Å². The summed E-state index contributed by atoms with van der Waals surface area (Å²) in [4.78, 5) is 11.5. The Morgan fingerprint density at radius 3 is 3.00 bits per heavy atom. The molecule has 1 rings (SSSR count). The molecule has 0 aliphatic rings. The van der Waals surface area contributed by atoms with Gasteiger partial charge in [-0.2, -0.15) is 5.26 Å². The molecule has 0 heterocycles. The first-order chi connectivity index (χ1) is 8.77. The minimum absolute atomic E-state index is 0.168. The summed E-state index contributed by atoms with van der Waals surface area (Å²) in [6.07, 6.45) is 3.86. The lowest BCUT2D eigenvalue weighted by Gasteiger charge is -2.01. The third kappa shape index (κ3) is 4.81. The summed E-state index contributed by atoms with van der Waals surface area (Å²) in [5.74, 6) is -0.168. The lowest BCUT2D eigenvalue weighted by atomic mass is 10.1. The van der Waals surface area contributed by atoms with E-state index in [4.69, 9.17) is 10.00 Å². The van der Waals surface area contributed by atoms with Crippen molar-refractivity contribution in [3.63, 3.8) is 0 Å². The second kappa shape index (κ2) is 8.04. The molecule has 0 spiro atoms. The molecular formula is C14H16N2O2. The molecule has 4 nitrogen and oxygen atoms in total. The third-order valence-electron chi connectivity index (χ3n) is 2.32. The van der Waals surface area contributed by atoms with Gasteiger partial charge in [-0.05, 0) is 24.1 Å². The van der Waals surface area contributed by atoms with E-state index in [0.29, 0.717) is 18.7 Å². The smallest absolute Gasteiger partial charge is 0.244 e. The normalized spacial score (nSPS) is 10.2. The molecule has 0 radical (unpaired) electrons. The Morgan fingerprint density at radius 2 is 2.28 bits per heavy atom. The fourth-order valence-corrected chi connectivity index (χ4v) is 1.40. The summed E-state index contributed by atoms with van der Waals surface area (Å²) in [5, 5.41) is 11.6. The van der Waals surface area contributed by atoms with E-state index < -0.39 is 0 Å². The second-order valence-electron chi connectivity index (χ2n) is 3.67. The molecule has 1 aromatic rings. The van der Waals surface area contributed by atoms with Crippen molar-refractivity contribution in [3.8, 4) is 6.07 Å². The molecule has 0 saturated heterocycles. The molecule has 94 valence electrons. The van der Waals surface area contributed by atoms with Crippen LogP contribution in [-0.2, 0) is 9.53 Å². The van der Waals surface area contributed by atoms with Gasteiger partial charge in [0.25, 0.3) is 0 Å². The highest BCUT2D eigenvalue weighted by Crippen LogP contribution is 2.08. The van der Waals surface area contributed by atoms with E-state index in [1.54, 1.807) is 31.4 Å². The fraction of sp³-hybridized carbons (Fsp3) is 0.286. The second-order valence-corrected chi connectivity index (χ2v) is 3.67. The van der Waals surface area contributed by atoms with Crippen LogP contribution < -0.4 is 5.32 Å². The molecule has 1 amide bonds. The largest absolute Gasteiger partial charge is 0.385 e. The first-order valence-corrected chi connectivity index (χ1v) is 5.72. The molecule has 4 heteroatoms. The first kappa shape index (κ1) is 13.9. The van der Waals surface area contributed by atoms with E-state index in [-0.39, 0.29) is 5.91 Å². The van der Waals surface area contributed by atoms with E-state index in [9.17, 15) is 4.79 Å². The van der Waals surface area contributed by atoms with Crippen molar-refractivity contribution in [2.24, 2.45) is 0 Å². The van der Waals surface area contributed by atoms with Gasteiger partial charge in [0.15, 0.2) is 0 Å². The van der Waals surface area contributed by atoms with Gasteiger partial charge >= 0.3 is 0 Å². The zero-order valence-electron chi connectivity index (χ0n) is 10.3. The van der Waals surface area contributed by atoms with Crippen LogP contribution in [0, 0.1) is 11.3 Å². The highest BCUT2D eigenvalue weighted by molar-refractivity contribution is 5.92. The molecule has 0 aliphatic carbocycles. The average Bonchev–Trinajstić information content (AvgIpc) is 2.41. The van der Waals surface area contributed by atoms with Crippen molar-refractivity contribution in [2.75, 3.05) is 20.3 Å². The van der Waals surface area contributed by atoms with Crippen molar-refractivity contribution in [1.29, 1.82) is 5.26 Å². The van der Waals surface area contributed by atoms with Gasteiger partial charge in [-0.15, -0.1) is 0 Å². The zero-order valence-corrected chi connectivity index (χ0v) is 10.3. The van der Waals surface area contributed by atoms with E-state index in [1.165, 1.54) is 6.08 Å². The van der Waals surface area contributed by atoms with E-state index >= 15 is 0 Å². The van der Waals surface area contributed by atoms with Crippen LogP contribution in [0.3, 0.4) is 0 Å². The Balaban J connectivity index is 2.48. The summed E-state index contributed by atoms with van der Waals surface area (Å²) in [6.45, 7) is 1.21. The van der Waals surface area contributed by atoms with E-state index in [2.05, 4.69) is 11.4 Å². The summed E-state index contributed by atoms with van der Waals surface area (Å²) in [5.41, 5.74) is 1.30. The molecule has 0 aliphatic heterocycles. The summed E-state index contributed by atoms with van der Waals surface area (Å²) >= 11 is 0. The van der Waals surface area contributed by atoms with Crippen LogP contribution in [0.4, 0.5) is 0 Å². The number of nitriles is 1. The standard InChI is InChI=1S/C14H16N2O2/c1-18-10-4-9-16-14(17)8-7-12-5-2-3-6-13(12)11-15/h2-3,5-8H,4,9-10H2,1H3,(H,16,17)/b8-7+. The number of carbonyl (C=O) groups is 1.